The molecule has 0 saturated heterocycles. The highest BCUT2D eigenvalue weighted by Gasteiger charge is 2.30. The number of ether oxygens (including phenoxy) is 1. The van der Waals surface area contributed by atoms with E-state index in [1.165, 1.54) is 55.7 Å². The number of rotatable bonds is 9. The summed E-state index contributed by atoms with van der Waals surface area (Å²) in [6.07, 6.45) is 0.553. The van der Waals surface area contributed by atoms with E-state index >= 15 is 0 Å². The summed E-state index contributed by atoms with van der Waals surface area (Å²) in [6.45, 7) is -2.83. The summed E-state index contributed by atoms with van der Waals surface area (Å²) in [6, 6.07) is 9.88. The zero-order valence-corrected chi connectivity index (χ0v) is 21.9. The molecule has 4 rings (SSSR count). The molecule has 0 radical (unpaired) electrons. The normalized spacial score (nSPS) is 12.8. The van der Waals surface area contributed by atoms with Crippen molar-refractivity contribution < 1.29 is 27.1 Å². The molecule has 2 aromatic carbocycles. The molecule has 0 spiro atoms. The van der Waals surface area contributed by atoms with Crippen molar-refractivity contribution in [2.24, 2.45) is 10.7 Å². The molecule has 1 atom stereocenters. The SMILES string of the molecule is CN=C(N)N(C(=O)c1ccc(-c2cnn(C(F)F)c2)cc1)C(COC)c1ccc(Cl)c(-n2ncnc2C(F)F)c1. The number of aromatic nitrogens is 5. The maximum absolute atomic E-state index is 13.7. The molecule has 2 N–H and O–H groups in total. The molecule has 10 nitrogen and oxygen atoms in total. The smallest absolute Gasteiger partial charge is 0.333 e. The van der Waals surface area contributed by atoms with Crippen LogP contribution in [0.25, 0.3) is 16.8 Å². The minimum Gasteiger partial charge on any atom is -0.382 e. The number of hydrogen-bond acceptors (Lipinski definition) is 6. The highest BCUT2D eigenvalue weighted by atomic mass is 35.5. The Balaban J connectivity index is 1.72. The van der Waals surface area contributed by atoms with E-state index in [4.69, 9.17) is 22.1 Å². The fourth-order valence-corrected chi connectivity index (χ4v) is 4.21. The molecular weight excluding hydrogens is 556 g/mol. The molecule has 1 amide bonds. The van der Waals surface area contributed by atoms with E-state index in [-0.39, 0.29) is 28.8 Å². The van der Waals surface area contributed by atoms with Gasteiger partial charge in [0.15, 0.2) is 11.8 Å². The first-order valence-corrected chi connectivity index (χ1v) is 12.0. The van der Waals surface area contributed by atoms with Crippen LogP contribution < -0.4 is 5.73 Å². The van der Waals surface area contributed by atoms with Gasteiger partial charge in [-0.1, -0.05) is 29.8 Å². The lowest BCUT2D eigenvalue weighted by atomic mass is 10.0. The van der Waals surface area contributed by atoms with Crippen LogP contribution in [0.3, 0.4) is 0 Å². The number of halogens is 5. The Morgan fingerprint density at radius 2 is 1.85 bits per heavy atom. The van der Waals surface area contributed by atoms with Crippen molar-refractivity contribution in [2.75, 3.05) is 20.8 Å². The molecule has 210 valence electrons. The molecule has 0 bridgehead atoms. The quantitative estimate of drug-likeness (QED) is 0.172. The number of amides is 1. The lowest BCUT2D eigenvalue weighted by Gasteiger charge is -2.31. The summed E-state index contributed by atoms with van der Waals surface area (Å²) in [5.74, 6) is -1.30. The third-order valence-corrected chi connectivity index (χ3v) is 6.27. The number of alkyl halides is 4. The summed E-state index contributed by atoms with van der Waals surface area (Å²) in [7, 11) is 2.83. The Hall–Kier alpha value is -4.30. The van der Waals surface area contributed by atoms with Gasteiger partial charge in [0.05, 0.1) is 29.6 Å². The highest BCUT2D eigenvalue weighted by molar-refractivity contribution is 6.32. The van der Waals surface area contributed by atoms with Crippen LogP contribution in [-0.2, 0) is 4.74 Å². The Labute approximate surface area is 230 Å². The van der Waals surface area contributed by atoms with Crippen LogP contribution in [0.4, 0.5) is 17.6 Å². The number of methoxy groups -OCH3 is 1. The van der Waals surface area contributed by atoms with Crippen LogP contribution in [0.15, 0.2) is 66.2 Å². The van der Waals surface area contributed by atoms with Crippen LogP contribution in [0.5, 0.6) is 0 Å². The Kier molecular flexibility index (Phi) is 8.80. The topological polar surface area (TPSA) is 116 Å². The van der Waals surface area contributed by atoms with Crippen molar-refractivity contribution in [1.29, 1.82) is 0 Å². The fourth-order valence-electron chi connectivity index (χ4n) is 4.01. The predicted molar refractivity (Wildman–Crippen MR) is 139 cm³/mol. The summed E-state index contributed by atoms with van der Waals surface area (Å²) in [5, 5.41) is 7.61. The molecule has 4 aromatic rings. The van der Waals surface area contributed by atoms with Crippen molar-refractivity contribution in [3.8, 4) is 16.8 Å². The van der Waals surface area contributed by atoms with Gasteiger partial charge in [-0.25, -0.2) is 23.1 Å². The van der Waals surface area contributed by atoms with Gasteiger partial charge in [-0.3, -0.25) is 14.7 Å². The first kappa shape index (κ1) is 28.7. The molecule has 0 aliphatic heterocycles. The molecule has 0 aliphatic rings. The standard InChI is InChI=1S/C25H23ClF4N8O2/c1-32-25(31)37(23(39)15-5-3-14(4-6-15)17-10-34-36(11-17)24(29)30)20(12-40-2)16-7-8-18(26)19(9-16)38-22(21(27)28)33-13-35-38/h3-11,13,20-21,24H,12H2,1-2H3,(H2,31,32). The van der Waals surface area contributed by atoms with Crippen LogP contribution in [0, 0.1) is 0 Å². The van der Waals surface area contributed by atoms with Gasteiger partial charge in [-0.15, -0.1) is 0 Å². The number of benzene rings is 2. The zero-order valence-electron chi connectivity index (χ0n) is 21.1. The van der Waals surface area contributed by atoms with E-state index in [1.54, 1.807) is 18.2 Å². The minimum absolute atomic E-state index is 0.0486. The molecule has 40 heavy (non-hydrogen) atoms. The molecule has 0 aliphatic carbocycles. The van der Waals surface area contributed by atoms with Gasteiger partial charge in [0, 0.05) is 31.5 Å². The number of nitrogens with two attached hydrogens (primary N) is 1. The summed E-state index contributed by atoms with van der Waals surface area (Å²) >= 11 is 6.32. The molecule has 0 saturated carbocycles. The average Bonchev–Trinajstić information content (AvgIpc) is 3.64. The summed E-state index contributed by atoms with van der Waals surface area (Å²) in [5.41, 5.74) is 7.93. The number of hydrogen-bond donors (Lipinski definition) is 1. The second-order valence-electron chi connectivity index (χ2n) is 8.33. The van der Waals surface area contributed by atoms with Crippen molar-refractivity contribution >= 4 is 23.5 Å². The van der Waals surface area contributed by atoms with E-state index in [1.807, 2.05) is 0 Å². The van der Waals surface area contributed by atoms with Crippen LogP contribution in [-0.4, -0.2) is 62.1 Å². The van der Waals surface area contributed by atoms with Gasteiger partial charge in [0.25, 0.3) is 12.3 Å². The van der Waals surface area contributed by atoms with Crippen LogP contribution in [0.2, 0.25) is 5.02 Å². The maximum atomic E-state index is 13.7. The zero-order chi connectivity index (χ0) is 29.0. The van der Waals surface area contributed by atoms with E-state index < -0.39 is 30.7 Å². The van der Waals surface area contributed by atoms with Crippen molar-refractivity contribution in [3.63, 3.8) is 0 Å². The maximum Gasteiger partial charge on any atom is 0.333 e. The van der Waals surface area contributed by atoms with Gasteiger partial charge in [0.2, 0.25) is 0 Å². The van der Waals surface area contributed by atoms with E-state index in [0.29, 0.717) is 21.4 Å². The number of aliphatic imine (C=N–C) groups is 1. The lowest BCUT2D eigenvalue weighted by molar-refractivity contribution is 0.0566. The first-order valence-electron chi connectivity index (χ1n) is 11.6. The molecule has 1 unspecified atom stereocenters. The van der Waals surface area contributed by atoms with Gasteiger partial charge in [-0.05, 0) is 35.4 Å². The van der Waals surface area contributed by atoms with Gasteiger partial charge < -0.3 is 10.5 Å². The molecule has 15 heteroatoms. The van der Waals surface area contributed by atoms with E-state index in [0.717, 1.165) is 11.0 Å². The first-order chi connectivity index (χ1) is 19.2. The molecule has 2 heterocycles. The predicted octanol–water partition coefficient (Wildman–Crippen LogP) is 4.89. The fraction of sp³-hybridized carbons (Fsp3) is 0.240. The minimum atomic E-state index is -2.91. The third-order valence-electron chi connectivity index (χ3n) is 5.95. The second kappa shape index (κ2) is 12.3. The lowest BCUT2D eigenvalue weighted by Crippen LogP contribution is -2.45. The second-order valence-corrected chi connectivity index (χ2v) is 8.74. The number of carbonyl (C=O) groups excluding carboxylic acids is 1. The van der Waals surface area contributed by atoms with E-state index in [9.17, 15) is 22.4 Å². The monoisotopic (exact) mass is 578 g/mol. The molecular formula is C25H23ClF4N8O2. The molecule has 2 aromatic heterocycles. The number of carbonyl (C=O) groups is 1. The Morgan fingerprint density at radius 1 is 1.12 bits per heavy atom. The van der Waals surface area contributed by atoms with Gasteiger partial charge in [-0.2, -0.15) is 19.0 Å². The Morgan fingerprint density at radius 3 is 2.45 bits per heavy atom. The number of guanidine groups is 1. The van der Waals surface area contributed by atoms with Gasteiger partial charge >= 0.3 is 6.55 Å². The Bertz CT molecular complexity index is 1510. The largest absolute Gasteiger partial charge is 0.382 e. The third kappa shape index (κ3) is 5.82. The number of nitrogens with zero attached hydrogens (tertiary/aromatic N) is 7. The summed E-state index contributed by atoms with van der Waals surface area (Å²) < 4.78 is 59.6. The van der Waals surface area contributed by atoms with E-state index in [2.05, 4.69) is 20.2 Å². The average molecular weight is 579 g/mol. The van der Waals surface area contributed by atoms with Crippen LogP contribution in [0.1, 0.15) is 40.8 Å². The van der Waals surface area contributed by atoms with Crippen LogP contribution >= 0.6 is 11.6 Å². The van der Waals surface area contributed by atoms with Crippen molar-refractivity contribution in [3.05, 3.63) is 83.2 Å². The highest BCUT2D eigenvalue weighted by Crippen LogP contribution is 2.31. The van der Waals surface area contributed by atoms with Gasteiger partial charge in [0.1, 0.15) is 6.33 Å². The van der Waals surface area contributed by atoms with Crippen molar-refractivity contribution in [2.45, 2.75) is 19.0 Å². The molecule has 0 fully saturated rings. The van der Waals surface area contributed by atoms with Crippen molar-refractivity contribution in [1.82, 2.24) is 29.4 Å². The summed E-state index contributed by atoms with van der Waals surface area (Å²) in [4.78, 5) is 22.5.